The van der Waals surface area contributed by atoms with Gasteiger partial charge in [-0.2, -0.15) is 0 Å². The number of nitrogens with zero attached hydrogens (tertiary/aromatic N) is 3. The monoisotopic (exact) mass is 353 g/mol. The van der Waals surface area contributed by atoms with E-state index in [2.05, 4.69) is 15.4 Å². The van der Waals surface area contributed by atoms with Crippen LogP contribution in [0.15, 0.2) is 52.2 Å². The first kappa shape index (κ1) is 17.6. The standard InChI is InChI=1S/C18H19N5O3/c1-18(2,3)21-22(11-24)15-9-8-12(10-19-15)23-16(25)13-6-4-5-7-14(13)20-17(23)26/h4-11,21H,1-3H3,(H,20,26). The van der Waals surface area contributed by atoms with Gasteiger partial charge >= 0.3 is 5.69 Å². The number of para-hydroxylation sites is 1. The van der Waals surface area contributed by atoms with Gasteiger partial charge in [0.05, 0.1) is 22.8 Å². The van der Waals surface area contributed by atoms with Crippen LogP contribution in [0.5, 0.6) is 0 Å². The molecule has 2 N–H and O–H groups in total. The van der Waals surface area contributed by atoms with E-state index in [1.807, 2.05) is 20.8 Å². The van der Waals surface area contributed by atoms with Crippen LogP contribution in [-0.2, 0) is 4.79 Å². The average molecular weight is 353 g/mol. The van der Waals surface area contributed by atoms with E-state index < -0.39 is 11.2 Å². The van der Waals surface area contributed by atoms with Crippen LogP contribution < -0.4 is 21.7 Å². The molecule has 0 aliphatic rings. The Bertz CT molecular complexity index is 1060. The maximum atomic E-state index is 12.6. The van der Waals surface area contributed by atoms with E-state index in [9.17, 15) is 14.4 Å². The number of hydrazine groups is 1. The zero-order valence-electron chi connectivity index (χ0n) is 14.7. The van der Waals surface area contributed by atoms with Crippen molar-refractivity contribution in [2.24, 2.45) is 0 Å². The molecule has 3 rings (SSSR count). The number of aromatic amines is 1. The SMILES string of the molecule is CC(C)(C)NN(C=O)c1ccc(-n2c(=O)[nH]c3ccccc3c2=O)cn1. The fourth-order valence-electron chi connectivity index (χ4n) is 2.55. The van der Waals surface area contributed by atoms with Crippen LogP contribution in [0.3, 0.4) is 0 Å². The Labute approximate surface area is 149 Å². The van der Waals surface area contributed by atoms with Gasteiger partial charge in [0.2, 0.25) is 6.41 Å². The van der Waals surface area contributed by atoms with Crippen LogP contribution >= 0.6 is 0 Å². The molecule has 134 valence electrons. The number of aromatic nitrogens is 3. The number of carbonyl (C=O) groups is 1. The molecule has 2 heterocycles. The summed E-state index contributed by atoms with van der Waals surface area (Å²) in [5.74, 6) is 0.351. The summed E-state index contributed by atoms with van der Waals surface area (Å²) in [7, 11) is 0. The number of hydrogen-bond donors (Lipinski definition) is 2. The fourth-order valence-corrected chi connectivity index (χ4v) is 2.55. The van der Waals surface area contributed by atoms with Gasteiger partial charge < -0.3 is 4.98 Å². The van der Waals surface area contributed by atoms with E-state index in [-0.39, 0.29) is 5.54 Å². The molecule has 3 aromatic rings. The number of rotatable bonds is 4. The third-order valence-electron chi connectivity index (χ3n) is 3.60. The molecular weight excluding hydrogens is 334 g/mol. The van der Waals surface area contributed by atoms with Gasteiger partial charge in [-0.3, -0.25) is 9.59 Å². The number of benzene rings is 1. The Morgan fingerprint density at radius 1 is 1.15 bits per heavy atom. The first-order valence-corrected chi connectivity index (χ1v) is 8.03. The minimum atomic E-state index is -0.552. The second kappa shape index (κ2) is 6.57. The second-order valence-corrected chi connectivity index (χ2v) is 6.83. The summed E-state index contributed by atoms with van der Waals surface area (Å²) in [6.07, 6.45) is 1.99. The van der Waals surface area contributed by atoms with E-state index in [0.29, 0.717) is 28.8 Å². The molecule has 1 amide bonds. The van der Waals surface area contributed by atoms with Gasteiger partial charge in [0, 0.05) is 5.54 Å². The first-order valence-electron chi connectivity index (χ1n) is 8.03. The maximum absolute atomic E-state index is 12.6. The van der Waals surface area contributed by atoms with Crippen molar-refractivity contribution in [2.75, 3.05) is 5.01 Å². The molecule has 0 bridgehead atoms. The number of fused-ring (bicyclic) bond motifs is 1. The summed E-state index contributed by atoms with van der Waals surface area (Å²) in [6, 6.07) is 9.91. The Morgan fingerprint density at radius 2 is 1.88 bits per heavy atom. The number of pyridine rings is 1. The molecule has 0 atom stereocenters. The van der Waals surface area contributed by atoms with Gasteiger partial charge in [-0.1, -0.05) is 12.1 Å². The molecule has 1 aromatic carbocycles. The van der Waals surface area contributed by atoms with Crippen molar-refractivity contribution in [2.45, 2.75) is 26.3 Å². The number of H-pyrrole nitrogens is 1. The number of carbonyl (C=O) groups excluding carboxylic acids is 1. The third kappa shape index (κ3) is 3.40. The molecule has 0 aliphatic heterocycles. The van der Waals surface area contributed by atoms with E-state index in [4.69, 9.17) is 0 Å². The van der Waals surface area contributed by atoms with E-state index in [0.717, 1.165) is 4.57 Å². The van der Waals surface area contributed by atoms with Crippen molar-refractivity contribution in [1.29, 1.82) is 0 Å². The first-order chi connectivity index (χ1) is 12.3. The highest BCUT2D eigenvalue weighted by atomic mass is 16.2. The maximum Gasteiger partial charge on any atom is 0.333 e. The Kier molecular flexibility index (Phi) is 4.43. The molecule has 0 saturated heterocycles. The minimum absolute atomic E-state index is 0.312. The number of anilines is 1. The molecule has 8 nitrogen and oxygen atoms in total. The van der Waals surface area contributed by atoms with E-state index in [1.165, 1.54) is 11.2 Å². The summed E-state index contributed by atoms with van der Waals surface area (Å²) in [4.78, 5) is 43.1. The lowest BCUT2D eigenvalue weighted by atomic mass is 10.1. The smallest absolute Gasteiger partial charge is 0.306 e. The number of amides is 1. The molecule has 8 heteroatoms. The Hall–Kier alpha value is -3.26. The quantitative estimate of drug-likeness (QED) is 0.545. The third-order valence-corrected chi connectivity index (χ3v) is 3.60. The van der Waals surface area contributed by atoms with Gasteiger partial charge in [-0.15, -0.1) is 0 Å². The van der Waals surface area contributed by atoms with Gasteiger partial charge in [0.25, 0.3) is 5.56 Å². The lowest BCUT2D eigenvalue weighted by molar-refractivity contribution is -0.108. The van der Waals surface area contributed by atoms with Crippen molar-refractivity contribution >= 4 is 23.1 Å². The average Bonchev–Trinajstić information content (AvgIpc) is 2.59. The highest BCUT2D eigenvalue weighted by Crippen LogP contribution is 2.13. The minimum Gasteiger partial charge on any atom is -0.306 e. The zero-order chi connectivity index (χ0) is 18.9. The predicted molar refractivity (Wildman–Crippen MR) is 99.4 cm³/mol. The summed E-state index contributed by atoms with van der Waals surface area (Å²) in [5.41, 5.74) is 2.46. The Balaban J connectivity index is 2.04. The zero-order valence-corrected chi connectivity index (χ0v) is 14.7. The van der Waals surface area contributed by atoms with Crippen LogP contribution in [0.4, 0.5) is 5.82 Å². The van der Waals surface area contributed by atoms with Crippen LogP contribution in [0.25, 0.3) is 16.6 Å². The van der Waals surface area contributed by atoms with Crippen LogP contribution in [0.1, 0.15) is 20.8 Å². The highest BCUT2D eigenvalue weighted by Gasteiger charge is 2.16. The highest BCUT2D eigenvalue weighted by molar-refractivity contribution is 5.77. The fraction of sp³-hybridized carbons (Fsp3) is 0.222. The summed E-state index contributed by atoms with van der Waals surface area (Å²) in [6.45, 7) is 5.73. The van der Waals surface area contributed by atoms with Crippen LogP contribution in [0, 0.1) is 0 Å². The number of nitrogens with one attached hydrogen (secondary N) is 2. The lowest BCUT2D eigenvalue weighted by Gasteiger charge is -2.27. The lowest BCUT2D eigenvalue weighted by Crippen LogP contribution is -2.49. The molecule has 0 spiro atoms. The normalized spacial score (nSPS) is 11.5. The van der Waals surface area contributed by atoms with Gasteiger partial charge in [0.1, 0.15) is 5.82 Å². The number of hydrogen-bond acceptors (Lipinski definition) is 5. The molecule has 26 heavy (non-hydrogen) atoms. The molecule has 0 radical (unpaired) electrons. The molecule has 0 fully saturated rings. The molecule has 0 unspecified atom stereocenters. The molecule has 2 aromatic heterocycles. The van der Waals surface area contributed by atoms with Crippen molar-refractivity contribution in [3.63, 3.8) is 0 Å². The summed E-state index contributed by atoms with van der Waals surface area (Å²) < 4.78 is 1.02. The largest absolute Gasteiger partial charge is 0.333 e. The predicted octanol–water partition coefficient (Wildman–Crippen LogP) is 1.34. The van der Waals surface area contributed by atoms with Crippen molar-refractivity contribution in [3.05, 3.63) is 63.4 Å². The van der Waals surface area contributed by atoms with Crippen molar-refractivity contribution < 1.29 is 4.79 Å². The Morgan fingerprint density at radius 3 is 2.50 bits per heavy atom. The summed E-state index contributed by atoms with van der Waals surface area (Å²) in [5, 5.41) is 1.65. The molecule has 0 aliphatic carbocycles. The van der Waals surface area contributed by atoms with Gasteiger partial charge in [0.15, 0.2) is 0 Å². The van der Waals surface area contributed by atoms with Gasteiger partial charge in [-0.05, 0) is 45.0 Å². The van der Waals surface area contributed by atoms with Crippen molar-refractivity contribution in [3.8, 4) is 5.69 Å². The van der Waals surface area contributed by atoms with Gasteiger partial charge in [-0.25, -0.2) is 24.8 Å². The second-order valence-electron chi connectivity index (χ2n) is 6.83. The molecule has 0 saturated carbocycles. The topological polar surface area (TPSA) is 100 Å². The van der Waals surface area contributed by atoms with E-state index >= 15 is 0 Å². The van der Waals surface area contributed by atoms with Crippen LogP contribution in [-0.4, -0.2) is 26.5 Å². The van der Waals surface area contributed by atoms with E-state index in [1.54, 1.807) is 36.4 Å². The summed E-state index contributed by atoms with van der Waals surface area (Å²) >= 11 is 0. The van der Waals surface area contributed by atoms with Crippen molar-refractivity contribution in [1.82, 2.24) is 20.0 Å². The molecular formula is C18H19N5O3. The van der Waals surface area contributed by atoms with Crippen LogP contribution in [0.2, 0.25) is 0 Å².